The molecule has 1 aliphatic rings. The van der Waals surface area contributed by atoms with E-state index in [0.29, 0.717) is 0 Å². The Kier molecular flexibility index (Phi) is 2.99. The van der Waals surface area contributed by atoms with Gasteiger partial charge in [0.2, 0.25) is 0 Å². The van der Waals surface area contributed by atoms with E-state index >= 15 is 0 Å². The van der Waals surface area contributed by atoms with Crippen molar-refractivity contribution in [3.63, 3.8) is 0 Å². The average Bonchev–Trinajstić information content (AvgIpc) is 2.99. The topological polar surface area (TPSA) is 50.9 Å². The van der Waals surface area contributed by atoms with Crippen LogP contribution >= 0.6 is 0 Å². The van der Waals surface area contributed by atoms with Crippen LogP contribution in [-0.4, -0.2) is 11.5 Å². The summed E-state index contributed by atoms with van der Waals surface area (Å²) in [5.41, 5.74) is 7.34. The summed E-state index contributed by atoms with van der Waals surface area (Å²) in [6.45, 7) is 1.96. The number of nitrogens with two attached hydrogens (primary N) is 1. The lowest BCUT2D eigenvalue weighted by Gasteiger charge is -2.03. The number of nitrogens with zero attached hydrogens (tertiary/aromatic N) is 1. The highest BCUT2D eigenvalue weighted by Gasteiger charge is 2.19. The molecule has 14 heavy (non-hydrogen) atoms. The Balaban J connectivity index is 1.66. The minimum Gasteiger partial charge on any atom is -0.397 e. The Bertz CT molecular complexity index is 277. The molecular formula is C11H17N3. The molecule has 1 saturated carbocycles. The fraction of sp³-hybridized carbons (Fsp3) is 0.545. The molecular weight excluding hydrogens is 174 g/mol. The Morgan fingerprint density at radius 1 is 1.43 bits per heavy atom. The molecule has 0 radical (unpaired) electrons. The van der Waals surface area contributed by atoms with E-state index in [1.54, 1.807) is 6.20 Å². The molecule has 3 heteroatoms. The Morgan fingerprint density at radius 2 is 2.29 bits per heavy atom. The molecule has 0 amide bonds. The lowest BCUT2D eigenvalue weighted by Crippen LogP contribution is -2.15. The molecule has 0 spiro atoms. The molecule has 2 rings (SSSR count). The molecule has 0 aliphatic heterocycles. The van der Waals surface area contributed by atoms with Gasteiger partial charge in [-0.3, -0.25) is 4.98 Å². The van der Waals surface area contributed by atoms with Crippen LogP contribution in [0.25, 0.3) is 0 Å². The van der Waals surface area contributed by atoms with E-state index in [-0.39, 0.29) is 0 Å². The molecule has 0 aromatic carbocycles. The van der Waals surface area contributed by atoms with Crippen LogP contribution in [-0.2, 0) is 6.54 Å². The second-order valence-corrected chi connectivity index (χ2v) is 3.99. The van der Waals surface area contributed by atoms with Crippen LogP contribution in [0.15, 0.2) is 18.3 Å². The molecule has 1 aromatic heterocycles. The minimum absolute atomic E-state index is 0.728. The normalized spacial score (nSPS) is 15.7. The zero-order chi connectivity index (χ0) is 9.80. The van der Waals surface area contributed by atoms with Gasteiger partial charge in [-0.2, -0.15) is 0 Å². The number of aromatic nitrogens is 1. The van der Waals surface area contributed by atoms with Gasteiger partial charge in [0.25, 0.3) is 0 Å². The smallest absolute Gasteiger partial charge is 0.0543 e. The number of pyridine rings is 1. The SMILES string of the molecule is Nc1ccc(CNCCC2CC2)nc1. The average molecular weight is 191 g/mol. The van der Waals surface area contributed by atoms with Crippen LogP contribution in [0, 0.1) is 5.92 Å². The van der Waals surface area contributed by atoms with Crippen molar-refractivity contribution in [1.82, 2.24) is 10.3 Å². The first kappa shape index (κ1) is 9.46. The van der Waals surface area contributed by atoms with Gasteiger partial charge in [0.15, 0.2) is 0 Å². The number of hydrogen-bond acceptors (Lipinski definition) is 3. The van der Waals surface area contributed by atoms with Gasteiger partial charge in [-0.1, -0.05) is 12.8 Å². The summed E-state index contributed by atoms with van der Waals surface area (Å²) < 4.78 is 0. The number of rotatable bonds is 5. The second kappa shape index (κ2) is 4.42. The van der Waals surface area contributed by atoms with Crippen LogP contribution in [0.1, 0.15) is 25.0 Å². The quantitative estimate of drug-likeness (QED) is 0.694. The molecule has 0 atom stereocenters. The molecule has 0 unspecified atom stereocenters. The molecule has 1 aromatic rings. The monoisotopic (exact) mass is 191 g/mol. The highest BCUT2D eigenvalue weighted by Crippen LogP contribution is 2.31. The largest absolute Gasteiger partial charge is 0.397 e. The van der Waals surface area contributed by atoms with Crippen molar-refractivity contribution in [2.24, 2.45) is 5.92 Å². The van der Waals surface area contributed by atoms with Crippen molar-refractivity contribution in [2.45, 2.75) is 25.8 Å². The summed E-state index contributed by atoms with van der Waals surface area (Å²) in [5.74, 6) is 1.00. The molecule has 0 bridgehead atoms. The molecule has 76 valence electrons. The van der Waals surface area contributed by atoms with Gasteiger partial charge in [0.1, 0.15) is 0 Å². The van der Waals surface area contributed by atoms with Gasteiger partial charge in [-0.25, -0.2) is 0 Å². The number of nitrogen functional groups attached to an aromatic ring is 1. The van der Waals surface area contributed by atoms with E-state index in [0.717, 1.165) is 30.4 Å². The predicted octanol–water partition coefficient (Wildman–Crippen LogP) is 1.55. The van der Waals surface area contributed by atoms with Crippen LogP contribution in [0.2, 0.25) is 0 Å². The number of nitrogens with one attached hydrogen (secondary N) is 1. The van der Waals surface area contributed by atoms with Gasteiger partial charge in [-0.15, -0.1) is 0 Å². The second-order valence-electron chi connectivity index (χ2n) is 3.99. The first-order valence-electron chi connectivity index (χ1n) is 5.26. The molecule has 1 heterocycles. The summed E-state index contributed by atoms with van der Waals surface area (Å²) in [5, 5.41) is 3.39. The summed E-state index contributed by atoms with van der Waals surface area (Å²) >= 11 is 0. The molecule has 3 nitrogen and oxygen atoms in total. The van der Waals surface area contributed by atoms with Crippen molar-refractivity contribution >= 4 is 5.69 Å². The minimum atomic E-state index is 0.728. The molecule has 0 saturated heterocycles. The Morgan fingerprint density at radius 3 is 2.93 bits per heavy atom. The van der Waals surface area contributed by atoms with Crippen molar-refractivity contribution in [2.75, 3.05) is 12.3 Å². The van der Waals surface area contributed by atoms with E-state index in [1.807, 2.05) is 12.1 Å². The van der Waals surface area contributed by atoms with Crippen LogP contribution in [0.3, 0.4) is 0 Å². The highest BCUT2D eigenvalue weighted by molar-refractivity contribution is 5.34. The Hall–Kier alpha value is -1.09. The molecule has 1 fully saturated rings. The van der Waals surface area contributed by atoms with Crippen molar-refractivity contribution in [3.05, 3.63) is 24.0 Å². The maximum atomic E-state index is 5.55. The third-order valence-corrected chi connectivity index (χ3v) is 2.58. The predicted molar refractivity (Wildman–Crippen MR) is 57.7 cm³/mol. The maximum absolute atomic E-state index is 5.55. The molecule has 1 aliphatic carbocycles. The van der Waals surface area contributed by atoms with E-state index in [2.05, 4.69) is 10.3 Å². The van der Waals surface area contributed by atoms with E-state index < -0.39 is 0 Å². The van der Waals surface area contributed by atoms with Crippen molar-refractivity contribution in [1.29, 1.82) is 0 Å². The summed E-state index contributed by atoms with van der Waals surface area (Å²) in [7, 11) is 0. The number of anilines is 1. The first-order valence-corrected chi connectivity index (χ1v) is 5.26. The molecule has 3 N–H and O–H groups in total. The van der Waals surface area contributed by atoms with Crippen molar-refractivity contribution in [3.8, 4) is 0 Å². The fourth-order valence-corrected chi connectivity index (χ4v) is 1.47. The Labute approximate surface area is 84.7 Å². The third kappa shape index (κ3) is 3.00. The van der Waals surface area contributed by atoms with Gasteiger partial charge in [-0.05, 0) is 31.0 Å². The van der Waals surface area contributed by atoms with E-state index in [1.165, 1.54) is 19.3 Å². The highest BCUT2D eigenvalue weighted by atomic mass is 14.9. The fourth-order valence-electron chi connectivity index (χ4n) is 1.47. The van der Waals surface area contributed by atoms with Gasteiger partial charge in [0, 0.05) is 6.54 Å². The first-order chi connectivity index (χ1) is 6.84. The van der Waals surface area contributed by atoms with E-state index in [4.69, 9.17) is 5.73 Å². The summed E-state index contributed by atoms with van der Waals surface area (Å²) in [6, 6.07) is 3.87. The van der Waals surface area contributed by atoms with Crippen LogP contribution in [0.5, 0.6) is 0 Å². The summed E-state index contributed by atoms with van der Waals surface area (Å²) in [6.07, 6.45) is 5.89. The third-order valence-electron chi connectivity index (χ3n) is 2.58. The summed E-state index contributed by atoms with van der Waals surface area (Å²) in [4.78, 5) is 4.22. The standard InChI is InChI=1S/C11H17N3/c12-10-3-4-11(14-7-10)8-13-6-5-9-1-2-9/h3-4,7,9,13H,1-2,5-6,8,12H2. The van der Waals surface area contributed by atoms with Crippen LogP contribution in [0.4, 0.5) is 5.69 Å². The maximum Gasteiger partial charge on any atom is 0.0543 e. The van der Waals surface area contributed by atoms with E-state index in [9.17, 15) is 0 Å². The zero-order valence-electron chi connectivity index (χ0n) is 8.37. The zero-order valence-corrected chi connectivity index (χ0v) is 8.37. The van der Waals surface area contributed by atoms with Crippen molar-refractivity contribution < 1.29 is 0 Å². The van der Waals surface area contributed by atoms with Gasteiger partial charge in [0.05, 0.1) is 17.6 Å². The van der Waals surface area contributed by atoms with Gasteiger partial charge < -0.3 is 11.1 Å². The lowest BCUT2D eigenvalue weighted by molar-refractivity contribution is 0.607. The van der Waals surface area contributed by atoms with Crippen LogP contribution < -0.4 is 11.1 Å². The number of hydrogen-bond donors (Lipinski definition) is 2. The lowest BCUT2D eigenvalue weighted by atomic mass is 10.3. The van der Waals surface area contributed by atoms with Gasteiger partial charge >= 0.3 is 0 Å².